The van der Waals surface area contributed by atoms with E-state index in [1.54, 1.807) is 14.2 Å². The molecule has 1 aliphatic carbocycles. The van der Waals surface area contributed by atoms with E-state index in [4.69, 9.17) is 9.47 Å². The maximum Gasteiger partial charge on any atom is 0.314 e. The van der Waals surface area contributed by atoms with Crippen molar-refractivity contribution < 1.29 is 19.4 Å². The van der Waals surface area contributed by atoms with Gasteiger partial charge in [-0.05, 0) is 43.9 Å². The second-order valence-corrected chi connectivity index (χ2v) is 5.17. The van der Waals surface area contributed by atoms with Gasteiger partial charge in [0.2, 0.25) is 0 Å². The van der Waals surface area contributed by atoms with Crippen molar-refractivity contribution in [2.24, 2.45) is 0 Å². The van der Waals surface area contributed by atoms with Crippen LogP contribution in [0.2, 0.25) is 0 Å². The Balaban J connectivity index is 2.73. The lowest BCUT2D eigenvalue weighted by molar-refractivity contribution is -0.147. The van der Waals surface area contributed by atoms with Gasteiger partial charge in [-0.3, -0.25) is 4.79 Å². The summed E-state index contributed by atoms with van der Waals surface area (Å²) >= 11 is 0. The van der Waals surface area contributed by atoms with Gasteiger partial charge in [-0.1, -0.05) is 6.42 Å². The molecule has 1 N–H and O–H groups in total. The van der Waals surface area contributed by atoms with Crippen molar-refractivity contribution in [3.05, 3.63) is 22.8 Å². The van der Waals surface area contributed by atoms with E-state index >= 15 is 0 Å². The SMILES string of the molecule is COc1cc(C)c(C)c(C2(C(=O)O)CCC2)c1OC. The lowest BCUT2D eigenvalue weighted by atomic mass is 9.62. The normalized spacial score (nSPS) is 16.6. The van der Waals surface area contributed by atoms with E-state index in [9.17, 15) is 9.90 Å². The van der Waals surface area contributed by atoms with E-state index < -0.39 is 11.4 Å². The van der Waals surface area contributed by atoms with Crippen LogP contribution < -0.4 is 9.47 Å². The quantitative estimate of drug-likeness (QED) is 0.908. The Morgan fingerprint density at radius 2 is 1.89 bits per heavy atom. The first kappa shape index (κ1) is 13.7. The van der Waals surface area contributed by atoms with Crippen molar-refractivity contribution in [2.45, 2.75) is 38.5 Å². The number of rotatable bonds is 4. The Hall–Kier alpha value is -1.71. The minimum Gasteiger partial charge on any atom is -0.493 e. The third kappa shape index (κ3) is 1.86. The molecule has 0 amide bonds. The molecular weight excluding hydrogens is 244 g/mol. The van der Waals surface area contributed by atoms with Crippen molar-refractivity contribution in [1.29, 1.82) is 0 Å². The zero-order valence-corrected chi connectivity index (χ0v) is 11.9. The number of aryl methyl sites for hydroxylation is 1. The first-order valence-electron chi connectivity index (χ1n) is 6.44. The van der Waals surface area contributed by atoms with Crippen LogP contribution in [0.25, 0.3) is 0 Å². The summed E-state index contributed by atoms with van der Waals surface area (Å²) in [4.78, 5) is 11.7. The molecule has 0 heterocycles. The molecule has 0 saturated heterocycles. The fourth-order valence-corrected chi connectivity index (χ4v) is 2.89. The van der Waals surface area contributed by atoms with Gasteiger partial charge in [0.15, 0.2) is 11.5 Å². The molecule has 1 aromatic carbocycles. The summed E-state index contributed by atoms with van der Waals surface area (Å²) in [5, 5.41) is 9.64. The Morgan fingerprint density at radius 1 is 1.26 bits per heavy atom. The standard InChI is InChI=1S/C15H20O4/c1-9-8-11(18-3)13(19-4)12(10(9)2)15(14(16)17)6-5-7-15/h8H,5-7H2,1-4H3,(H,16,17). The van der Waals surface area contributed by atoms with E-state index in [-0.39, 0.29) is 0 Å². The Kier molecular flexibility index (Phi) is 3.43. The predicted octanol–water partition coefficient (Wildman–Crippen LogP) is 2.83. The van der Waals surface area contributed by atoms with Crippen LogP contribution in [0.3, 0.4) is 0 Å². The zero-order valence-electron chi connectivity index (χ0n) is 11.9. The molecule has 1 aromatic rings. The van der Waals surface area contributed by atoms with Crippen molar-refractivity contribution in [2.75, 3.05) is 14.2 Å². The smallest absolute Gasteiger partial charge is 0.314 e. The summed E-state index contributed by atoms with van der Waals surface area (Å²) in [6, 6.07) is 1.89. The number of methoxy groups -OCH3 is 2. The van der Waals surface area contributed by atoms with Gasteiger partial charge in [0.1, 0.15) is 0 Å². The summed E-state index contributed by atoms with van der Waals surface area (Å²) in [6.45, 7) is 3.92. The van der Waals surface area contributed by atoms with Crippen LogP contribution >= 0.6 is 0 Å². The molecule has 0 spiro atoms. The monoisotopic (exact) mass is 264 g/mol. The maximum atomic E-state index is 11.7. The van der Waals surface area contributed by atoms with Crippen molar-refractivity contribution in [3.8, 4) is 11.5 Å². The highest BCUT2D eigenvalue weighted by Gasteiger charge is 2.49. The van der Waals surface area contributed by atoms with Crippen molar-refractivity contribution in [1.82, 2.24) is 0 Å². The van der Waals surface area contributed by atoms with Crippen molar-refractivity contribution >= 4 is 5.97 Å². The highest BCUT2D eigenvalue weighted by molar-refractivity contribution is 5.85. The van der Waals surface area contributed by atoms with Gasteiger partial charge >= 0.3 is 5.97 Å². The van der Waals surface area contributed by atoms with E-state index in [1.807, 2.05) is 19.9 Å². The van der Waals surface area contributed by atoms with E-state index in [1.165, 1.54) is 0 Å². The average molecular weight is 264 g/mol. The summed E-state index contributed by atoms with van der Waals surface area (Å²) in [5.74, 6) is 0.397. The topological polar surface area (TPSA) is 55.8 Å². The van der Waals surface area contributed by atoms with E-state index in [2.05, 4.69) is 0 Å². The number of aliphatic carboxylic acids is 1. The van der Waals surface area contributed by atoms with Gasteiger partial charge < -0.3 is 14.6 Å². The Morgan fingerprint density at radius 3 is 2.26 bits per heavy atom. The zero-order chi connectivity index (χ0) is 14.2. The number of hydrogen-bond acceptors (Lipinski definition) is 3. The number of ether oxygens (including phenoxy) is 2. The summed E-state index contributed by atoms with van der Waals surface area (Å²) in [5.41, 5.74) is 1.99. The van der Waals surface area contributed by atoms with Crippen LogP contribution in [-0.4, -0.2) is 25.3 Å². The predicted molar refractivity (Wildman–Crippen MR) is 72.2 cm³/mol. The minimum atomic E-state index is -0.811. The lowest BCUT2D eigenvalue weighted by Gasteiger charge is -2.40. The summed E-state index contributed by atoms with van der Waals surface area (Å²) < 4.78 is 10.8. The van der Waals surface area contributed by atoms with E-state index in [0.29, 0.717) is 24.3 Å². The number of benzene rings is 1. The third-order valence-electron chi connectivity index (χ3n) is 4.28. The lowest BCUT2D eigenvalue weighted by Crippen LogP contribution is -2.43. The van der Waals surface area contributed by atoms with Crippen LogP contribution in [0.4, 0.5) is 0 Å². The Labute approximate surface area is 113 Å². The number of carboxylic acid groups (broad SMARTS) is 1. The van der Waals surface area contributed by atoms with Gasteiger partial charge in [-0.15, -0.1) is 0 Å². The van der Waals surface area contributed by atoms with Crippen LogP contribution in [-0.2, 0) is 10.2 Å². The highest BCUT2D eigenvalue weighted by atomic mass is 16.5. The first-order chi connectivity index (χ1) is 8.97. The van der Waals surface area contributed by atoms with Crippen LogP contribution in [0.5, 0.6) is 11.5 Å². The van der Waals surface area contributed by atoms with Gasteiger partial charge in [0, 0.05) is 5.56 Å². The van der Waals surface area contributed by atoms with Gasteiger partial charge in [0.25, 0.3) is 0 Å². The molecule has 19 heavy (non-hydrogen) atoms. The molecule has 4 heteroatoms. The number of hydrogen-bond donors (Lipinski definition) is 1. The van der Waals surface area contributed by atoms with Gasteiger partial charge in [0.05, 0.1) is 19.6 Å². The van der Waals surface area contributed by atoms with Crippen LogP contribution in [0.15, 0.2) is 6.07 Å². The second kappa shape index (κ2) is 4.76. The molecule has 0 aromatic heterocycles. The minimum absolute atomic E-state index is 0.563. The number of carboxylic acids is 1. The molecule has 104 valence electrons. The molecule has 0 atom stereocenters. The number of carbonyl (C=O) groups is 1. The van der Waals surface area contributed by atoms with E-state index in [0.717, 1.165) is 23.1 Å². The maximum absolute atomic E-state index is 11.7. The summed E-state index contributed by atoms with van der Waals surface area (Å²) in [7, 11) is 3.13. The third-order valence-corrected chi connectivity index (χ3v) is 4.28. The summed E-state index contributed by atoms with van der Waals surface area (Å²) in [6.07, 6.45) is 2.25. The van der Waals surface area contributed by atoms with Gasteiger partial charge in [-0.2, -0.15) is 0 Å². The van der Waals surface area contributed by atoms with Gasteiger partial charge in [-0.25, -0.2) is 0 Å². The Bertz CT molecular complexity index is 515. The molecular formula is C15H20O4. The highest BCUT2D eigenvalue weighted by Crippen LogP contribution is 2.51. The second-order valence-electron chi connectivity index (χ2n) is 5.17. The molecule has 1 saturated carbocycles. The molecule has 4 nitrogen and oxygen atoms in total. The fraction of sp³-hybridized carbons (Fsp3) is 0.533. The molecule has 1 aliphatic rings. The van der Waals surface area contributed by atoms with Crippen molar-refractivity contribution in [3.63, 3.8) is 0 Å². The first-order valence-corrected chi connectivity index (χ1v) is 6.44. The molecule has 0 unspecified atom stereocenters. The molecule has 2 rings (SSSR count). The largest absolute Gasteiger partial charge is 0.493 e. The molecule has 0 radical (unpaired) electrons. The van der Waals surface area contributed by atoms with Crippen LogP contribution in [0, 0.1) is 13.8 Å². The molecule has 0 aliphatic heterocycles. The fourth-order valence-electron chi connectivity index (χ4n) is 2.89. The molecule has 1 fully saturated rings. The van der Waals surface area contributed by atoms with Crippen LogP contribution in [0.1, 0.15) is 36.0 Å². The average Bonchev–Trinajstić information content (AvgIpc) is 2.32. The molecule has 0 bridgehead atoms.